The highest BCUT2D eigenvalue weighted by Gasteiger charge is 2.02. The number of rotatable bonds is 3. The number of thiophene rings is 1. The molecule has 1 aromatic carbocycles. The van der Waals surface area contributed by atoms with Crippen molar-refractivity contribution in [3.63, 3.8) is 0 Å². The van der Waals surface area contributed by atoms with Crippen LogP contribution in [0.3, 0.4) is 0 Å². The Morgan fingerprint density at radius 2 is 1.88 bits per heavy atom. The van der Waals surface area contributed by atoms with Crippen LogP contribution in [0.2, 0.25) is 0 Å². The second-order valence-electron chi connectivity index (χ2n) is 3.31. The standard InChI is InChI=1S/C12H8FNO2S/c13-10-3-1-9(2-4-10)12-6-5-11(17-12)7-8-14(15)16/h1-8H/b8-7+. The summed E-state index contributed by atoms with van der Waals surface area (Å²) in [7, 11) is 0. The van der Waals surface area contributed by atoms with Crippen LogP contribution >= 0.6 is 11.3 Å². The van der Waals surface area contributed by atoms with Crippen LogP contribution in [0.5, 0.6) is 0 Å². The van der Waals surface area contributed by atoms with Gasteiger partial charge in [0.2, 0.25) is 6.20 Å². The van der Waals surface area contributed by atoms with Crippen molar-refractivity contribution in [1.29, 1.82) is 0 Å². The molecule has 0 radical (unpaired) electrons. The molecule has 2 aromatic rings. The quantitative estimate of drug-likeness (QED) is 0.613. The number of hydrogen-bond acceptors (Lipinski definition) is 3. The van der Waals surface area contributed by atoms with Crippen LogP contribution in [0.4, 0.5) is 4.39 Å². The predicted molar refractivity (Wildman–Crippen MR) is 65.7 cm³/mol. The summed E-state index contributed by atoms with van der Waals surface area (Å²) in [5.74, 6) is -0.279. The Bertz CT molecular complexity index is 560. The third-order valence-corrected chi connectivity index (χ3v) is 3.22. The predicted octanol–water partition coefficient (Wildman–Crippen LogP) is 3.80. The van der Waals surface area contributed by atoms with Gasteiger partial charge in [-0.1, -0.05) is 12.1 Å². The molecule has 0 atom stereocenters. The van der Waals surface area contributed by atoms with Crippen LogP contribution in [0.25, 0.3) is 16.5 Å². The highest BCUT2D eigenvalue weighted by atomic mass is 32.1. The van der Waals surface area contributed by atoms with Gasteiger partial charge in [-0.15, -0.1) is 11.3 Å². The van der Waals surface area contributed by atoms with Gasteiger partial charge in [-0.2, -0.15) is 0 Å². The Balaban J connectivity index is 2.23. The average Bonchev–Trinajstić information content (AvgIpc) is 2.76. The molecule has 0 N–H and O–H groups in total. The van der Waals surface area contributed by atoms with Crippen molar-refractivity contribution < 1.29 is 9.31 Å². The van der Waals surface area contributed by atoms with Crippen LogP contribution in [-0.4, -0.2) is 4.92 Å². The molecule has 0 amide bonds. The van der Waals surface area contributed by atoms with E-state index < -0.39 is 4.92 Å². The van der Waals surface area contributed by atoms with Gasteiger partial charge in [0.1, 0.15) is 5.82 Å². The lowest BCUT2D eigenvalue weighted by Crippen LogP contribution is -1.80. The molecular formula is C12H8FNO2S. The summed E-state index contributed by atoms with van der Waals surface area (Å²) < 4.78 is 12.7. The van der Waals surface area contributed by atoms with Gasteiger partial charge in [-0.3, -0.25) is 10.1 Å². The lowest BCUT2D eigenvalue weighted by Gasteiger charge is -1.95. The van der Waals surface area contributed by atoms with Gasteiger partial charge in [0.15, 0.2) is 0 Å². The fourth-order valence-electron chi connectivity index (χ4n) is 1.35. The Morgan fingerprint density at radius 3 is 2.53 bits per heavy atom. The average molecular weight is 249 g/mol. The van der Waals surface area contributed by atoms with Crippen LogP contribution in [-0.2, 0) is 0 Å². The normalized spacial score (nSPS) is 10.9. The van der Waals surface area contributed by atoms with Crippen molar-refractivity contribution in [3.05, 3.63) is 63.4 Å². The van der Waals surface area contributed by atoms with Gasteiger partial charge in [0.05, 0.1) is 4.92 Å². The molecule has 3 nitrogen and oxygen atoms in total. The molecule has 0 aliphatic rings. The van der Waals surface area contributed by atoms with Crippen molar-refractivity contribution in [3.8, 4) is 10.4 Å². The Hall–Kier alpha value is -2.01. The van der Waals surface area contributed by atoms with Gasteiger partial charge in [-0.05, 0) is 29.8 Å². The van der Waals surface area contributed by atoms with E-state index >= 15 is 0 Å². The second kappa shape index (κ2) is 4.88. The van der Waals surface area contributed by atoms with E-state index in [4.69, 9.17) is 0 Å². The van der Waals surface area contributed by atoms with Crippen molar-refractivity contribution in [2.75, 3.05) is 0 Å². The molecule has 0 unspecified atom stereocenters. The van der Waals surface area contributed by atoms with E-state index in [0.29, 0.717) is 0 Å². The number of halogens is 1. The first-order valence-corrected chi connectivity index (χ1v) is 5.64. The SMILES string of the molecule is O=[N+]([O-])/C=C/c1ccc(-c2ccc(F)cc2)s1. The fourth-order valence-corrected chi connectivity index (χ4v) is 2.25. The summed E-state index contributed by atoms with van der Waals surface area (Å²) in [5.41, 5.74) is 0.900. The van der Waals surface area contributed by atoms with Crippen molar-refractivity contribution in [2.45, 2.75) is 0 Å². The zero-order valence-corrected chi connectivity index (χ0v) is 9.49. The van der Waals surface area contributed by atoms with Crippen LogP contribution < -0.4 is 0 Å². The fraction of sp³-hybridized carbons (Fsp3) is 0. The molecule has 0 saturated heterocycles. The molecule has 5 heteroatoms. The third kappa shape index (κ3) is 2.98. The summed E-state index contributed by atoms with van der Waals surface area (Å²) in [4.78, 5) is 11.4. The molecule has 0 fully saturated rings. The molecule has 1 aromatic heterocycles. The Labute approximate surface area is 101 Å². The van der Waals surface area contributed by atoms with Gasteiger partial charge in [-0.25, -0.2) is 4.39 Å². The first kappa shape index (κ1) is 11.5. The lowest BCUT2D eigenvalue weighted by molar-refractivity contribution is -0.400. The first-order valence-electron chi connectivity index (χ1n) is 4.82. The van der Waals surface area contributed by atoms with E-state index in [1.54, 1.807) is 18.2 Å². The Kier molecular flexibility index (Phi) is 3.30. The van der Waals surface area contributed by atoms with E-state index in [9.17, 15) is 14.5 Å². The second-order valence-corrected chi connectivity index (χ2v) is 4.43. The number of nitro groups is 1. The van der Waals surface area contributed by atoms with Crippen molar-refractivity contribution >= 4 is 17.4 Å². The van der Waals surface area contributed by atoms with Crippen LogP contribution in [0.15, 0.2) is 42.6 Å². The summed E-state index contributed by atoms with van der Waals surface area (Å²) >= 11 is 1.42. The highest BCUT2D eigenvalue weighted by molar-refractivity contribution is 7.16. The minimum Gasteiger partial charge on any atom is -0.259 e. The van der Waals surface area contributed by atoms with Gasteiger partial charge in [0, 0.05) is 15.8 Å². The number of benzene rings is 1. The third-order valence-electron chi connectivity index (χ3n) is 2.12. The number of nitrogens with zero attached hydrogens (tertiary/aromatic N) is 1. The number of hydrogen-bond donors (Lipinski definition) is 0. The van der Waals surface area contributed by atoms with E-state index in [1.807, 2.05) is 6.07 Å². The molecular weight excluding hydrogens is 241 g/mol. The molecule has 1 heterocycles. The van der Waals surface area contributed by atoms with E-state index in [-0.39, 0.29) is 5.82 Å². The minimum absolute atomic E-state index is 0.279. The smallest absolute Gasteiger partial charge is 0.235 e. The molecule has 17 heavy (non-hydrogen) atoms. The monoisotopic (exact) mass is 249 g/mol. The van der Waals surface area contributed by atoms with Crippen molar-refractivity contribution in [2.24, 2.45) is 0 Å². The maximum atomic E-state index is 12.7. The summed E-state index contributed by atoms with van der Waals surface area (Å²) in [6, 6.07) is 9.80. The molecule has 0 aliphatic heterocycles. The van der Waals surface area contributed by atoms with Gasteiger partial charge in [0.25, 0.3) is 0 Å². The largest absolute Gasteiger partial charge is 0.259 e. The minimum atomic E-state index is -0.503. The maximum Gasteiger partial charge on any atom is 0.235 e. The highest BCUT2D eigenvalue weighted by Crippen LogP contribution is 2.28. The van der Waals surface area contributed by atoms with Crippen LogP contribution in [0, 0.1) is 15.9 Å². The molecule has 2 rings (SSSR count). The molecule has 86 valence electrons. The van der Waals surface area contributed by atoms with E-state index in [1.165, 1.54) is 29.5 Å². The van der Waals surface area contributed by atoms with Crippen molar-refractivity contribution in [1.82, 2.24) is 0 Å². The van der Waals surface area contributed by atoms with Gasteiger partial charge < -0.3 is 0 Å². The van der Waals surface area contributed by atoms with Gasteiger partial charge >= 0.3 is 0 Å². The molecule has 0 aliphatic carbocycles. The Morgan fingerprint density at radius 1 is 1.18 bits per heavy atom. The summed E-state index contributed by atoms with van der Waals surface area (Å²) in [5, 5.41) is 10.2. The summed E-state index contributed by atoms with van der Waals surface area (Å²) in [6.45, 7) is 0. The maximum absolute atomic E-state index is 12.7. The van der Waals surface area contributed by atoms with Crippen LogP contribution in [0.1, 0.15) is 4.88 Å². The zero-order chi connectivity index (χ0) is 12.3. The molecule has 0 bridgehead atoms. The first-order chi connectivity index (χ1) is 8.15. The summed E-state index contributed by atoms with van der Waals surface area (Å²) in [6.07, 6.45) is 2.35. The topological polar surface area (TPSA) is 43.1 Å². The lowest BCUT2D eigenvalue weighted by atomic mass is 10.2. The molecule has 0 saturated carbocycles. The zero-order valence-electron chi connectivity index (χ0n) is 8.67. The van der Waals surface area contributed by atoms with E-state index in [2.05, 4.69) is 0 Å². The van der Waals surface area contributed by atoms with E-state index in [0.717, 1.165) is 21.5 Å². The molecule has 0 spiro atoms.